The van der Waals surface area contributed by atoms with E-state index in [0.29, 0.717) is 4.47 Å². The normalized spacial score (nSPS) is 15.4. The van der Waals surface area contributed by atoms with Crippen molar-refractivity contribution in [3.8, 4) is 5.75 Å². The van der Waals surface area contributed by atoms with E-state index in [1.165, 1.54) is 6.20 Å². The number of halogens is 1. The van der Waals surface area contributed by atoms with Gasteiger partial charge in [0, 0.05) is 10.7 Å². The summed E-state index contributed by atoms with van der Waals surface area (Å²) in [6.45, 7) is 0. The molecule has 0 N–H and O–H groups in total. The monoisotopic (exact) mass is 190 g/mol. The molecule has 0 bridgehead atoms. The molecule has 0 radical (unpaired) electrons. The van der Waals surface area contributed by atoms with Crippen LogP contribution in [0.15, 0.2) is 22.9 Å². The first-order valence-corrected chi connectivity index (χ1v) is 3.06. The van der Waals surface area contributed by atoms with Gasteiger partial charge in [-0.25, -0.2) is 0 Å². The number of nitrogens with zero attached hydrogens (tertiary/aromatic N) is 1. The highest BCUT2D eigenvalue weighted by Crippen LogP contribution is 2.14. The van der Waals surface area contributed by atoms with Crippen LogP contribution in [0.4, 0.5) is 0 Å². The number of hydrogen-bond donors (Lipinski definition) is 0. The fourth-order valence-corrected chi connectivity index (χ4v) is 0.792. The van der Waals surface area contributed by atoms with Crippen molar-refractivity contribution in [3.63, 3.8) is 0 Å². The smallest absolute Gasteiger partial charge is 0.138 e. The second kappa shape index (κ2) is 2.82. The summed E-state index contributed by atoms with van der Waals surface area (Å²) in [4.78, 5) is 3.75. The summed E-state index contributed by atoms with van der Waals surface area (Å²) in [6.07, 6.45) is 2.89. The average Bonchev–Trinajstić information content (AvgIpc) is 1.82. The van der Waals surface area contributed by atoms with E-state index < -0.39 is 7.04 Å². The quantitative estimate of drug-likeness (QED) is 0.675. The summed E-state index contributed by atoms with van der Waals surface area (Å²) >= 11 is 3.14. The van der Waals surface area contributed by atoms with Crippen molar-refractivity contribution < 1.29 is 8.85 Å². The van der Waals surface area contributed by atoms with Crippen molar-refractivity contribution in [2.24, 2.45) is 0 Å². The third-order valence-corrected chi connectivity index (χ3v) is 1.23. The summed E-state index contributed by atoms with van der Waals surface area (Å²) in [5.41, 5.74) is 0. The van der Waals surface area contributed by atoms with Crippen LogP contribution in [-0.2, 0) is 0 Å². The Labute approximate surface area is 66.2 Å². The molecule has 2 nitrogen and oxygen atoms in total. The summed E-state index contributed by atoms with van der Waals surface area (Å²) in [5.74, 6) is 0.226. The van der Waals surface area contributed by atoms with Crippen molar-refractivity contribution in [1.29, 1.82) is 0 Å². The minimum Gasteiger partial charge on any atom is -0.495 e. The number of aromatic nitrogens is 1. The van der Waals surface area contributed by atoms with E-state index >= 15 is 0 Å². The van der Waals surface area contributed by atoms with Gasteiger partial charge in [-0.15, -0.1) is 0 Å². The highest BCUT2D eigenvalue weighted by atomic mass is 79.9. The molecule has 0 fully saturated rings. The summed E-state index contributed by atoms with van der Waals surface area (Å²) in [7, 11) is -2.41. The van der Waals surface area contributed by atoms with E-state index in [1.807, 2.05) is 0 Å². The molecule has 0 saturated heterocycles. The van der Waals surface area contributed by atoms with Crippen molar-refractivity contribution in [2.45, 2.75) is 0 Å². The molecular weight excluding hydrogens is 182 g/mol. The topological polar surface area (TPSA) is 22.1 Å². The standard InChI is InChI=1S/C6H6BrNO/c1-9-6-2-5(7)3-8-4-6/h2-4H,1H3/i1D3. The zero-order valence-corrected chi connectivity index (χ0v) is 6.05. The molecule has 0 atom stereocenters. The molecule has 1 rings (SSSR count). The molecule has 1 aromatic heterocycles. The lowest BCUT2D eigenvalue weighted by Crippen LogP contribution is -1.82. The van der Waals surface area contributed by atoms with E-state index in [1.54, 1.807) is 12.3 Å². The van der Waals surface area contributed by atoms with E-state index in [-0.39, 0.29) is 5.75 Å². The molecule has 9 heavy (non-hydrogen) atoms. The molecule has 0 aliphatic heterocycles. The number of methoxy groups -OCH3 is 1. The number of hydrogen-bond acceptors (Lipinski definition) is 2. The Kier molecular flexibility index (Phi) is 1.12. The Balaban J connectivity index is 2.77. The molecule has 0 aliphatic rings. The average molecular weight is 191 g/mol. The predicted molar refractivity (Wildman–Crippen MR) is 38.5 cm³/mol. The van der Waals surface area contributed by atoms with Crippen LogP contribution in [0.2, 0.25) is 0 Å². The van der Waals surface area contributed by atoms with Gasteiger partial charge >= 0.3 is 0 Å². The van der Waals surface area contributed by atoms with Gasteiger partial charge in [-0.3, -0.25) is 4.98 Å². The van der Waals surface area contributed by atoms with Crippen LogP contribution in [0.3, 0.4) is 0 Å². The molecule has 1 heterocycles. The van der Waals surface area contributed by atoms with Crippen molar-refractivity contribution in [1.82, 2.24) is 4.98 Å². The Morgan fingerprint density at radius 2 is 2.67 bits per heavy atom. The Hall–Kier alpha value is -0.570. The van der Waals surface area contributed by atoms with Gasteiger partial charge < -0.3 is 4.74 Å². The van der Waals surface area contributed by atoms with E-state index in [0.717, 1.165) is 0 Å². The van der Waals surface area contributed by atoms with Crippen molar-refractivity contribution >= 4 is 15.9 Å². The Morgan fingerprint density at radius 3 is 3.33 bits per heavy atom. The SMILES string of the molecule is [2H]C([2H])([2H])Oc1cncc(Br)c1. The van der Waals surface area contributed by atoms with Gasteiger partial charge in [0.1, 0.15) is 5.75 Å². The maximum absolute atomic E-state index is 6.81. The second-order valence-corrected chi connectivity index (χ2v) is 2.36. The minimum absolute atomic E-state index is 0.226. The molecule has 0 aromatic carbocycles. The van der Waals surface area contributed by atoms with Crippen LogP contribution in [0.1, 0.15) is 4.11 Å². The third kappa shape index (κ3) is 1.68. The highest BCUT2D eigenvalue weighted by molar-refractivity contribution is 9.10. The van der Waals surface area contributed by atoms with Gasteiger partial charge in [-0.2, -0.15) is 0 Å². The van der Waals surface area contributed by atoms with Gasteiger partial charge in [0.2, 0.25) is 0 Å². The van der Waals surface area contributed by atoms with E-state index in [4.69, 9.17) is 4.11 Å². The Bertz CT molecular complexity index is 276. The first-order chi connectivity index (χ1) is 5.47. The highest BCUT2D eigenvalue weighted by Gasteiger charge is 1.89. The molecule has 0 unspecified atom stereocenters. The number of pyridine rings is 1. The van der Waals surface area contributed by atoms with Crippen LogP contribution in [-0.4, -0.2) is 12.0 Å². The van der Waals surface area contributed by atoms with Gasteiger partial charge in [-0.05, 0) is 22.0 Å². The summed E-state index contributed by atoms with van der Waals surface area (Å²) in [6, 6.07) is 1.54. The molecular formula is C6H6BrNO. The van der Waals surface area contributed by atoms with E-state index in [9.17, 15) is 0 Å². The van der Waals surface area contributed by atoms with Crippen molar-refractivity contribution in [3.05, 3.63) is 22.9 Å². The predicted octanol–water partition coefficient (Wildman–Crippen LogP) is 1.85. The first kappa shape index (κ1) is 3.56. The van der Waals surface area contributed by atoms with Crippen molar-refractivity contribution in [2.75, 3.05) is 7.04 Å². The molecule has 0 aliphatic carbocycles. The third-order valence-electron chi connectivity index (χ3n) is 0.798. The van der Waals surface area contributed by atoms with Gasteiger partial charge in [0.25, 0.3) is 0 Å². The van der Waals surface area contributed by atoms with Gasteiger partial charge in [0.05, 0.1) is 17.3 Å². The largest absolute Gasteiger partial charge is 0.495 e. The number of rotatable bonds is 1. The van der Waals surface area contributed by atoms with Gasteiger partial charge in [-0.1, -0.05) is 0 Å². The van der Waals surface area contributed by atoms with Gasteiger partial charge in [0.15, 0.2) is 0 Å². The second-order valence-electron chi connectivity index (χ2n) is 1.44. The lowest BCUT2D eigenvalue weighted by atomic mass is 10.5. The van der Waals surface area contributed by atoms with Crippen LogP contribution < -0.4 is 4.74 Å². The molecule has 3 heteroatoms. The molecule has 0 spiro atoms. The van der Waals surface area contributed by atoms with Crippen LogP contribution >= 0.6 is 15.9 Å². The zero-order chi connectivity index (χ0) is 9.19. The number of ether oxygens (including phenoxy) is 1. The summed E-state index contributed by atoms with van der Waals surface area (Å²) < 4.78 is 25.7. The maximum Gasteiger partial charge on any atom is 0.138 e. The lowest BCUT2D eigenvalue weighted by Gasteiger charge is -1.96. The van der Waals surface area contributed by atoms with E-state index in [2.05, 4.69) is 25.7 Å². The zero-order valence-electron chi connectivity index (χ0n) is 7.47. The fraction of sp³-hybridized carbons (Fsp3) is 0.167. The maximum atomic E-state index is 6.81. The molecule has 1 aromatic rings. The minimum atomic E-state index is -2.41. The molecule has 0 saturated carbocycles. The lowest BCUT2D eigenvalue weighted by molar-refractivity contribution is 0.412. The van der Waals surface area contributed by atoms with Crippen LogP contribution in [0, 0.1) is 0 Å². The van der Waals surface area contributed by atoms with Crippen LogP contribution in [0.25, 0.3) is 0 Å². The fourth-order valence-electron chi connectivity index (χ4n) is 0.448. The summed E-state index contributed by atoms with van der Waals surface area (Å²) in [5, 5.41) is 0. The van der Waals surface area contributed by atoms with Crippen LogP contribution in [0.5, 0.6) is 5.75 Å². The first-order valence-electron chi connectivity index (χ1n) is 3.77. The molecule has 0 amide bonds. The molecule has 48 valence electrons. The Morgan fingerprint density at radius 1 is 1.78 bits per heavy atom.